The molecule has 1 unspecified atom stereocenters. The van der Waals surface area contributed by atoms with Crippen LogP contribution in [0.2, 0.25) is 0 Å². The van der Waals surface area contributed by atoms with E-state index in [0.29, 0.717) is 0 Å². The first-order valence-corrected chi connectivity index (χ1v) is 5.74. The van der Waals surface area contributed by atoms with E-state index in [9.17, 15) is 48.3 Å². The van der Waals surface area contributed by atoms with E-state index in [1.54, 1.807) is 0 Å². The van der Waals surface area contributed by atoms with E-state index in [0.717, 1.165) is 0 Å². The molecule has 12 heteroatoms. The van der Waals surface area contributed by atoms with Crippen LogP contribution in [0.15, 0.2) is 0 Å². The highest BCUT2D eigenvalue weighted by molar-refractivity contribution is 5.08. The van der Waals surface area contributed by atoms with Crippen LogP contribution >= 0.6 is 0 Å². The Morgan fingerprint density at radius 2 is 1.18 bits per heavy atom. The molecule has 0 heterocycles. The molecule has 1 atom stereocenters. The maximum absolute atomic E-state index is 13.1. The number of rotatable bonds is 8. The van der Waals surface area contributed by atoms with E-state index < -0.39 is 48.8 Å². The van der Waals surface area contributed by atoms with Crippen molar-refractivity contribution < 1.29 is 53.4 Å². The monoisotopic (exact) mass is 356 g/mol. The van der Waals surface area contributed by atoms with Crippen LogP contribution in [0, 0.1) is 0 Å². The Morgan fingerprint density at radius 1 is 0.773 bits per heavy atom. The van der Waals surface area contributed by atoms with Crippen molar-refractivity contribution in [1.29, 1.82) is 0 Å². The third kappa shape index (κ3) is 3.11. The molecule has 1 nitrogen and oxygen atoms in total. The van der Waals surface area contributed by atoms with Crippen molar-refractivity contribution in [2.24, 2.45) is 0 Å². The minimum absolute atomic E-state index is 0.0106. The molecule has 0 rings (SSSR count). The molecule has 134 valence electrons. The van der Waals surface area contributed by atoms with E-state index in [4.69, 9.17) is 5.11 Å². The number of aliphatic hydroxyl groups is 1. The summed E-state index contributed by atoms with van der Waals surface area (Å²) in [4.78, 5) is 0. The molecule has 0 spiro atoms. The second-order valence-corrected chi connectivity index (χ2v) is 4.50. The summed E-state index contributed by atoms with van der Waals surface area (Å²) in [6.45, 7) is 1.30. The van der Waals surface area contributed by atoms with E-state index in [1.165, 1.54) is 6.92 Å². The Balaban J connectivity index is 5.78. The van der Waals surface area contributed by atoms with Gasteiger partial charge in [-0.15, -0.1) is 0 Å². The lowest BCUT2D eigenvalue weighted by molar-refractivity contribution is -0.441. The quantitative estimate of drug-likeness (QED) is 0.628. The van der Waals surface area contributed by atoms with E-state index in [-0.39, 0.29) is 6.42 Å². The summed E-state index contributed by atoms with van der Waals surface area (Å²) in [7, 11) is 0. The fourth-order valence-electron chi connectivity index (χ4n) is 1.36. The van der Waals surface area contributed by atoms with Gasteiger partial charge in [0.2, 0.25) is 0 Å². The van der Waals surface area contributed by atoms with Gasteiger partial charge in [-0.2, -0.15) is 43.9 Å². The van der Waals surface area contributed by atoms with Crippen molar-refractivity contribution in [3.63, 3.8) is 0 Å². The van der Waals surface area contributed by atoms with Crippen LogP contribution in [0.5, 0.6) is 0 Å². The van der Waals surface area contributed by atoms with Crippen LogP contribution in [-0.2, 0) is 0 Å². The molecule has 22 heavy (non-hydrogen) atoms. The Kier molecular flexibility index (Phi) is 5.78. The van der Waals surface area contributed by atoms with Crippen molar-refractivity contribution in [1.82, 2.24) is 0 Å². The van der Waals surface area contributed by atoms with Gasteiger partial charge in [0.25, 0.3) is 0 Å². The zero-order valence-corrected chi connectivity index (χ0v) is 10.8. The van der Waals surface area contributed by atoms with Gasteiger partial charge in [-0.05, 0) is 6.42 Å². The second-order valence-electron chi connectivity index (χ2n) is 4.50. The van der Waals surface area contributed by atoms with Crippen molar-refractivity contribution in [3.8, 4) is 0 Å². The van der Waals surface area contributed by atoms with Gasteiger partial charge < -0.3 is 5.11 Å². The fraction of sp³-hybridized carbons (Fsp3) is 1.00. The summed E-state index contributed by atoms with van der Waals surface area (Å²) < 4.78 is 140. The predicted octanol–water partition coefficient (Wildman–Crippen LogP) is 4.64. The number of alkyl halides is 11. The second kappa shape index (κ2) is 6.00. The third-order valence-electron chi connectivity index (χ3n) is 2.79. The average Bonchev–Trinajstić information content (AvgIpc) is 2.33. The van der Waals surface area contributed by atoms with Crippen LogP contribution in [0.3, 0.4) is 0 Å². The minimum atomic E-state index is -7.42. The van der Waals surface area contributed by atoms with Crippen LogP contribution in [0.4, 0.5) is 48.3 Å². The van der Waals surface area contributed by atoms with Crippen LogP contribution < -0.4 is 0 Å². The molecular weight excluding hydrogens is 345 g/mol. The molecule has 1 N–H and O–H groups in total. The largest absolute Gasteiger partial charge is 0.423 e. The topological polar surface area (TPSA) is 20.2 Å². The smallest absolute Gasteiger partial charge is 0.331 e. The molecule has 0 bridgehead atoms. The third-order valence-corrected chi connectivity index (χ3v) is 2.79. The average molecular weight is 356 g/mol. The molecule has 0 amide bonds. The van der Waals surface area contributed by atoms with Gasteiger partial charge in [0, 0.05) is 0 Å². The fourth-order valence-corrected chi connectivity index (χ4v) is 1.36. The maximum atomic E-state index is 13.1. The zero-order chi connectivity index (χ0) is 18.2. The van der Waals surface area contributed by atoms with Gasteiger partial charge in [0.1, 0.15) is 0 Å². The highest BCUT2D eigenvalue weighted by Gasteiger charge is 2.87. The summed E-state index contributed by atoms with van der Waals surface area (Å²) in [5.41, 5.74) is 0. The summed E-state index contributed by atoms with van der Waals surface area (Å²) in [6, 6.07) is 0. The first-order chi connectivity index (χ1) is 9.48. The summed E-state index contributed by atoms with van der Waals surface area (Å²) >= 11 is 0. The number of unbranched alkanes of at least 4 members (excludes halogenated alkanes) is 1. The van der Waals surface area contributed by atoms with Gasteiger partial charge in [0.05, 0.1) is 0 Å². The van der Waals surface area contributed by atoms with Crippen LogP contribution in [0.1, 0.15) is 26.2 Å². The Bertz CT molecular complexity index is 374. The van der Waals surface area contributed by atoms with Crippen molar-refractivity contribution in [2.45, 2.75) is 62.2 Å². The summed E-state index contributed by atoms with van der Waals surface area (Å²) in [5.74, 6) is -28.2. The Labute approximate surface area is 117 Å². The standard InChI is InChI=1S/C10H11F11O/c1-2-3-4-5(11)6(12,13)7(14,15)8(16,17)9(18,19)10(20,21)22/h5,22H,2-4H2,1H3. The van der Waals surface area contributed by atoms with Gasteiger partial charge in [-0.25, -0.2) is 4.39 Å². The minimum Gasteiger partial charge on any atom is -0.331 e. The number of hydrogen-bond acceptors (Lipinski definition) is 1. The molecule has 0 radical (unpaired) electrons. The molecule has 0 aliphatic heterocycles. The molecule has 0 aromatic rings. The van der Waals surface area contributed by atoms with Gasteiger partial charge in [-0.1, -0.05) is 19.8 Å². The van der Waals surface area contributed by atoms with Crippen LogP contribution in [0.25, 0.3) is 0 Å². The lowest BCUT2D eigenvalue weighted by Gasteiger charge is -2.38. The Morgan fingerprint density at radius 3 is 1.50 bits per heavy atom. The molecule has 0 saturated heterocycles. The normalized spacial score (nSPS) is 16.8. The highest BCUT2D eigenvalue weighted by atomic mass is 19.4. The van der Waals surface area contributed by atoms with E-state index in [2.05, 4.69) is 0 Å². The first kappa shape index (κ1) is 21.2. The van der Waals surface area contributed by atoms with Crippen molar-refractivity contribution in [2.75, 3.05) is 0 Å². The maximum Gasteiger partial charge on any atom is 0.423 e. The molecule has 0 aliphatic rings. The number of halogens is 11. The lowest BCUT2D eigenvalue weighted by atomic mass is 9.93. The summed E-state index contributed by atoms with van der Waals surface area (Å²) in [5, 5.41) is 7.55. The Hall–Kier alpha value is -0.810. The van der Waals surface area contributed by atoms with E-state index >= 15 is 0 Å². The molecule has 0 aromatic carbocycles. The van der Waals surface area contributed by atoms with Crippen molar-refractivity contribution in [3.05, 3.63) is 0 Å². The molecule has 0 aromatic heterocycles. The summed E-state index contributed by atoms with van der Waals surface area (Å²) in [6.07, 6.45) is -12.6. The lowest BCUT2D eigenvalue weighted by Crippen LogP contribution is -2.68. The first-order valence-electron chi connectivity index (χ1n) is 5.74. The van der Waals surface area contributed by atoms with E-state index in [1.807, 2.05) is 0 Å². The predicted molar refractivity (Wildman–Crippen MR) is 51.4 cm³/mol. The SMILES string of the molecule is CCCCC(F)C(F)(F)C(F)(F)C(F)(F)C(F)(F)C(O)(F)F. The van der Waals surface area contributed by atoms with Crippen LogP contribution in [-0.4, -0.2) is 41.1 Å². The zero-order valence-electron chi connectivity index (χ0n) is 10.8. The van der Waals surface area contributed by atoms with Gasteiger partial charge in [-0.3, -0.25) is 0 Å². The van der Waals surface area contributed by atoms with Crippen molar-refractivity contribution >= 4 is 0 Å². The van der Waals surface area contributed by atoms with Gasteiger partial charge >= 0.3 is 29.8 Å². The van der Waals surface area contributed by atoms with Gasteiger partial charge in [0.15, 0.2) is 6.17 Å². The molecule has 0 saturated carbocycles. The molecular formula is C10H11F11O. The molecule has 0 fully saturated rings. The highest BCUT2D eigenvalue weighted by Crippen LogP contribution is 2.57. The number of hydrogen-bond donors (Lipinski definition) is 1. The molecule has 0 aliphatic carbocycles.